The van der Waals surface area contributed by atoms with Gasteiger partial charge in [0.2, 0.25) is 0 Å². The van der Waals surface area contributed by atoms with Gasteiger partial charge in [-0.15, -0.1) is 0 Å². The highest BCUT2D eigenvalue weighted by Gasteiger charge is 2.46. The van der Waals surface area contributed by atoms with E-state index in [-0.39, 0.29) is 11.6 Å². The number of aromatic nitrogens is 3. The number of hydrogen-bond acceptors (Lipinski definition) is 5. The largest absolute Gasteiger partial charge is 0.378 e. The summed E-state index contributed by atoms with van der Waals surface area (Å²) < 4.78 is 13.3. The molecule has 17 heavy (non-hydrogen) atoms. The van der Waals surface area contributed by atoms with Gasteiger partial charge in [-0.25, -0.2) is 4.98 Å². The summed E-state index contributed by atoms with van der Waals surface area (Å²) in [5, 5.41) is 7.86. The molecule has 94 valence electrons. The fraction of sp³-hybridized carbons (Fsp3) is 0.818. The Labute approximate surface area is 100 Å². The molecule has 0 saturated carbocycles. The van der Waals surface area contributed by atoms with Crippen molar-refractivity contribution in [2.24, 2.45) is 7.05 Å². The lowest BCUT2D eigenvalue weighted by Gasteiger charge is -2.45. The molecule has 6 nitrogen and oxygen atoms in total. The summed E-state index contributed by atoms with van der Waals surface area (Å²) >= 11 is 0. The van der Waals surface area contributed by atoms with Crippen LogP contribution in [-0.2, 0) is 16.5 Å². The van der Waals surface area contributed by atoms with Gasteiger partial charge in [0.15, 0.2) is 5.82 Å². The first-order valence-corrected chi connectivity index (χ1v) is 6.11. The Bertz CT molecular complexity index is 378. The molecule has 1 spiro atoms. The highest BCUT2D eigenvalue weighted by atomic mass is 16.5. The van der Waals surface area contributed by atoms with Crippen LogP contribution in [0.5, 0.6) is 0 Å². The Hall–Kier alpha value is -0.980. The van der Waals surface area contributed by atoms with Crippen molar-refractivity contribution in [3.8, 4) is 0 Å². The predicted octanol–water partition coefficient (Wildman–Crippen LogP) is 0.0252. The molecule has 3 heterocycles. The molecule has 2 unspecified atom stereocenters. The van der Waals surface area contributed by atoms with E-state index >= 15 is 0 Å². The van der Waals surface area contributed by atoms with E-state index in [0.29, 0.717) is 6.61 Å². The summed E-state index contributed by atoms with van der Waals surface area (Å²) in [4.78, 5) is 4.34. The second kappa shape index (κ2) is 4.36. The lowest BCUT2D eigenvalue weighted by molar-refractivity contribution is -0.166. The predicted molar refractivity (Wildman–Crippen MR) is 60.5 cm³/mol. The number of morpholine rings is 1. The average Bonchev–Trinajstić information content (AvgIpc) is 2.77. The van der Waals surface area contributed by atoms with Gasteiger partial charge in [0.1, 0.15) is 18.0 Å². The maximum Gasteiger partial charge on any atom is 0.170 e. The number of rotatable bonds is 1. The van der Waals surface area contributed by atoms with E-state index in [1.54, 1.807) is 11.0 Å². The quantitative estimate of drug-likeness (QED) is 0.747. The minimum Gasteiger partial charge on any atom is -0.378 e. The number of ether oxygens (including phenoxy) is 2. The van der Waals surface area contributed by atoms with Crippen molar-refractivity contribution in [2.45, 2.75) is 24.5 Å². The van der Waals surface area contributed by atoms with E-state index in [9.17, 15) is 0 Å². The van der Waals surface area contributed by atoms with Gasteiger partial charge in [0.25, 0.3) is 0 Å². The van der Waals surface area contributed by atoms with Gasteiger partial charge in [-0.1, -0.05) is 0 Å². The Morgan fingerprint density at radius 3 is 3.18 bits per heavy atom. The van der Waals surface area contributed by atoms with Gasteiger partial charge in [-0.3, -0.25) is 4.68 Å². The molecule has 0 aromatic carbocycles. The maximum atomic E-state index is 6.01. The maximum absolute atomic E-state index is 6.01. The van der Waals surface area contributed by atoms with Crippen molar-refractivity contribution in [1.82, 2.24) is 20.1 Å². The summed E-state index contributed by atoms with van der Waals surface area (Å²) in [6.07, 6.45) is 3.76. The standard InChI is InChI=1S/C11H18N4O2/c1-15-8-13-10(14-15)9-11(17-6-4-12-9)3-2-5-16-7-11/h8-9,12H,2-7H2,1H3. The second-order valence-corrected chi connectivity index (χ2v) is 4.73. The highest BCUT2D eigenvalue weighted by Crippen LogP contribution is 2.36. The molecular formula is C11H18N4O2. The topological polar surface area (TPSA) is 61.2 Å². The van der Waals surface area contributed by atoms with Crippen LogP contribution in [0.4, 0.5) is 0 Å². The third kappa shape index (κ3) is 1.96. The van der Waals surface area contributed by atoms with Crippen LogP contribution < -0.4 is 5.32 Å². The van der Waals surface area contributed by atoms with Gasteiger partial charge < -0.3 is 14.8 Å². The first kappa shape index (κ1) is 11.1. The number of aryl methyl sites for hydroxylation is 1. The summed E-state index contributed by atoms with van der Waals surface area (Å²) in [5.74, 6) is 0.803. The Kier molecular flexibility index (Phi) is 2.85. The molecule has 3 rings (SSSR count). The van der Waals surface area contributed by atoms with E-state index in [1.807, 2.05) is 7.05 Å². The zero-order chi connectivity index (χ0) is 11.7. The van der Waals surface area contributed by atoms with Gasteiger partial charge >= 0.3 is 0 Å². The van der Waals surface area contributed by atoms with Crippen LogP contribution in [0.3, 0.4) is 0 Å². The van der Waals surface area contributed by atoms with Crippen LogP contribution in [0.15, 0.2) is 6.33 Å². The lowest BCUT2D eigenvalue weighted by atomic mass is 9.86. The van der Waals surface area contributed by atoms with Crippen molar-refractivity contribution in [2.75, 3.05) is 26.4 Å². The molecule has 2 fully saturated rings. The third-order valence-corrected chi connectivity index (χ3v) is 3.48. The average molecular weight is 238 g/mol. The molecule has 6 heteroatoms. The molecule has 2 aliphatic heterocycles. The first-order valence-electron chi connectivity index (χ1n) is 6.11. The van der Waals surface area contributed by atoms with E-state index in [0.717, 1.165) is 38.4 Å². The molecule has 0 bridgehead atoms. The smallest absolute Gasteiger partial charge is 0.170 e. The Morgan fingerprint density at radius 2 is 2.47 bits per heavy atom. The van der Waals surface area contributed by atoms with Crippen molar-refractivity contribution in [3.05, 3.63) is 12.2 Å². The van der Waals surface area contributed by atoms with Crippen molar-refractivity contribution < 1.29 is 9.47 Å². The molecule has 2 atom stereocenters. The van der Waals surface area contributed by atoms with Gasteiger partial charge in [-0.05, 0) is 12.8 Å². The Morgan fingerprint density at radius 1 is 1.53 bits per heavy atom. The van der Waals surface area contributed by atoms with Gasteiger partial charge in [0, 0.05) is 20.2 Å². The SMILES string of the molecule is Cn1cnc(C2NCCOC23CCCOC3)n1. The van der Waals surface area contributed by atoms with Crippen LogP contribution in [0.25, 0.3) is 0 Å². The summed E-state index contributed by atoms with van der Waals surface area (Å²) in [6, 6.07) is 0.0396. The van der Waals surface area contributed by atoms with E-state index in [4.69, 9.17) is 9.47 Å². The number of nitrogens with one attached hydrogen (secondary N) is 1. The van der Waals surface area contributed by atoms with Crippen LogP contribution >= 0.6 is 0 Å². The molecule has 1 N–H and O–H groups in total. The minimum absolute atomic E-state index is 0.0396. The summed E-state index contributed by atoms with van der Waals surface area (Å²) in [7, 11) is 1.88. The number of hydrogen-bond donors (Lipinski definition) is 1. The molecule has 1 aromatic heterocycles. The van der Waals surface area contributed by atoms with E-state index < -0.39 is 0 Å². The van der Waals surface area contributed by atoms with Crippen LogP contribution in [0.2, 0.25) is 0 Å². The molecule has 0 radical (unpaired) electrons. The summed E-state index contributed by atoms with van der Waals surface area (Å²) in [6.45, 7) is 3.02. The molecule has 0 aliphatic carbocycles. The molecular weight excluding hydrogens is 220 g/mol. The van der Waals surface area contributed by atoms with Crippen LogP contribution in [0, 0.1) is 0 Å². The lowest BCUT2D eigenvalue weighted by Crippen LogP contribution is -2.56. The third-order valence-electron chi connectivity index (χ3n) is 3.48. The normalized spacial score (nSPS) is 34.1. The minimum atomic E-state index is -0.280. The first-order chi connectivity index (χ1) is 8.30. The molecule has 0 amide bonds. The van der Waals surface area contributed by atoms with Gasteiger partial charge in [-0.2, -0.15) is 5.10 Å². The molecule has 1 aromatic rings. The second-order valence-electron chi connectivity index (χ2n) is 4.73. The highest BCUT2D eigenvalue weighted by molar-refractivity contribution is 5.07. The zero-order valence-electron chi connectivity index (χ0n) is 10.1. The fourth-order valence-corrected chi connectivity index (χ4v) is 2.67. The van der Waals surface area contributed by atoms with Crippen molar-refractivity contribution in [1.29, 1.82) is 0 Å². The van der Waals surface area contributed by atoms with Crippen LogP contribution in [-0.4, -0.2) is 46.7 Å². The number of nitrogens with zero attached hydrogens (tertiary/aromatic N) is 3. The summed E-state index contributed by atoms with van der Waals surface area (Å²) in [5.41, 5.74) is -0.280. The van der Waals surface area contributed by atoms with Crippen LogP contribution in [0.1, 0.15) is 24.7 Å². The monoisotopic (exact) mass is 238 g/mol. The van der Waals surface area contributed by atoms with Crippen molar-refractivity contribution in [3.63, 3.8) is 0 Å². The Balaban J connectivity index is 1.89. The van der Waals surface area contributed by atoms with E-state index in [1.165, 1.54) is 0 Å². The van der Waals surface area contributed by atoms with Gasteiger partial charge in [0.05, 0.1) is 13.2 Å². The van der Waals surface area contributed by atoms with Crippen molar-refractivity contribution >= 4 is 0 Å². The molecule has 2 aliphatic rings. The van der Waals surface area contributed by atoms with E-state index in [2.05, 4.69) is 15.4 Å². The fourth-order valence-electron chi connectivity index (χ4n) is 2.67. The molecule has 2 saturated heterocycles. The zero-order valence-corrected chi connectivity index (χ0v) is 10.1.